The van der Waals surface area contributed by atoms with E-state index in [2.05, 4.69) is 82.0 Å². The summed E-state index contributed by atoms with van der Waals surface area (Å²) in [4.78, 5) is 0. The van der Waals surface area contributed by atoms with Crippen LogP contribution in [0.15, 0.2) is 42.5 Å². The van der Waals surface area contributed by atoms with E-state index in [1.807, 2.05) is 18.2 Å². The third-order valence-corrected chi connectivity index (χ3v) is 5.07. The van der Waals surface area contributed by atoms with Crippen LogP contribution in [0.4, 0.5) is 0 Å². The van der Waals surface area contributed by atoms with Gasteiger partial charge in [-0.15, -0.1) is 0 Å². The normalized spacial score (nSPS) is 11.9. The van der Waals surface area contributed by atoms with Crippen molar-refractivity contribution < 1.29 is 5.11 Å². The molecule has 0 heterocycles. The largest absolute Gasteiger partial charge is 0.507 e. The first-order valence-corrected chi connectivity index (χ1v) is 10.6. The topological polar surface area (TPSA) is 56.3 Å². The smallest absolute Gasteiger partial charge is 0.180 e. The van der Waals surface area contributed by atoms with Gasteiger partial charge in [0.1, 0.15) is 5.75 Å². The summed E-state index contributed by atoms with van der Waals surface area (Å²) >= 11 is 5.35. The average molecular weight is 414 g/mol. The maximum absolute atomic E-state index is 10.8. The van der Waals surface area contributed by atoms with Crippen LogP contribution in [-0.4, -0.2) is 16.8 Å². The minimum Gasteiger partial charge on any atom is -0.507 e. The van der Waals surface area contributed by atoms with Gasteiger partial charge in [0.05, 0.1) is 0 Å². The molecule has 0 saturated heterocycles. The number of phenolic OH excluding ortho intramolecular Hbond substituents is 1. The lowest BCUT2D eigenvalue weighted by atomic mass is 9.78. The molecule has 0 unspecified atom stereocenters. The molecule has 4 N–H and O–H groups in total. The lowest BCUT2D eigenvalue weighted by molar-refractivity contribution is 0.422. The highest BCUT2D eigenvalue weighted by molar-refractivity contribution is 7.80. The molecule has 0 aliphatic carbocycles. The number of phenols is 1. The van der Waals surface area contributed by atoms with Crippen LogP contribution in [-0.2, 0) is 23.8 Å². The fraction of sp³-hybridized carbons (Fsp3) is 0.458. The first kappa shape index (κ1) is 23.2. The van der Waals surface area contributed by atoms with Crippen LogP contribution in [0.1, 0.15) is 63.8 Å². The Morgan fingerprint density at radius 3 is 1.97 bits per heavy atom. The fourth-order valence-corrected chi connectivity index (χ4v) is 3.35. The van der Waals surface area contributed by atoms with Gasteiger partial charge in [-0.2, -0.15) is 0 Å². The van der Waals surface area contributed by atoms with Crippen molar-refractivity contribution in [1.82, 2.24) is 16.2 Å². The minimum atomic E-state index is -0.137. The standard InChI is InChI=1S/C24H35N3OS/c1-23(2,3)19-14-18(15-20(21(19)28)24(4,5)6)16-26-27-22(29)25-13-12-17-10-8-7-9-11-17/h7-11,14-15,26,28H,12-13,16H2,1-6H3,(H2,25,27,29). The number of rotatable bonds is 6. The zero-order chi connectivity index (χ0) is 21.7. The van der Waals surface area contributed by atoms with Crippen LogP contribution in [0.3, 0.4) is 0 Å². The molecule has 0 spiro atoms. The predicted molar refractivity (Wildman–Crippen MR) is 126 cm³/mol. The van der Waals surface area contributed by atoms with E-state index in [0.29, 0.717) is 17.4 Å². The first-order chi connectivity index (χ1) is 13.5. The van der Waals surface area contributed by atoms with Crippen molar-refractivity contribution in [2.45, 2.75) is 65.3 Å². The Kier molecular flexibility index (Phi) is 7.66. The number of hydrogen-bond acceptors (Lipinski definition) is 3. The number of hydrogen-bond donors (Lipinski definition) is 4. The van der Waals surface area contributed by atoms with Gasteiger partial charge in [0.25, 0.3) is 0 Å². The predicted octanol–water partition coefficient (Wildman–Crippen LogP) is 4.70. The second-order valence-electron chi connectivity index (χ2n) is 9.51. The molecule has 2 rings (SSSR count). The van der Waals surface area contributed by atoms with E-state index in [1.54, 1.807) is 0 Å². The third kappa shape index (κ3) is 7.02. The van der Waals surface area contributed by atoms with Gasteiger partial charge in [0.15, 0.2) is 5.11 Å². The monoisotopic (exact) mass is 413 g/mol. The molecule has 0 amide bonds. The van der Waals surface area contributed by atoms with Crippen molar-refractivity contribution in [3.63, 3.8) is 0 Å². The number of aromatic hydroxyl groups is 1. The Morgan fingerprint density at radius 1 is 0.897 bits per heavy atom. The number of benzene rings is 2. The first-order valence-electron chi connectivity index (χ1n) is 10.2. The lowest BCUT2D eigenvalue weighted by Gasteiger charge is -2.28. The van der Waals surface area contributed by atoms with Crippen molar-refractivity contribution in [1.29, 1.82) is 0 Å². The second-order valence-corrected chi connectivity index (χ2v) is 9.92. The zero-order valence-corrected chi connectivity index (χ0v) is 19.3. The van der Waals surface area contributed by atoms with Crippen molar-refractivity contribution >= 4 is 17.3 Å². The van der Waals surface area contributed by atoms with E-state index in [4.69, 9.17) is 12.2 Å². The van der Waals surface area contributed by atoms with E-state index >= 15 is 0 Å². The van der Waals surface area contributed by atoms with Crippen molar-refractivity contribution in [2.24, 2.45) is 0 Å². The van der Waals surface area contributed by atoms with Crippen molar-refractivity contribution in [3.05, 3.63) is 64.7 Å². The Morgan fingerprint density at radius 2 is 1.45 bits per heavy atom. The lowest BCUT2D eigenvalue weighted by Crippen LogP contribution is -2.44. The summed E-state index contributed by atoms with van der Waals surface area (Å²) in [6.07, 6.45) is 0.921. The second kappa shape index (κ2) is 9.59. The van der Waals surface area contributed by atoms with Gasteiger partial charge in [0.2, 0.25) is 0 Å². The van der Waals surface area contributed by atoms with Gasteiger partial charge in [-0.1, -0.05) is 84.0 Å². The van der Waals surface area contributed by atoms with Gasteiger partial charge in [-0.3, -0.25) is 5.43 Å². The molecule has 0 fully saturated rings. The Labute approximate surface area is 181 Å². The molecule has 0 bridgehead atoms. The molecule has 2 aromatic rings. The van der Waals surface area contributed by atoms with Gasteiger partial charge >= 0.3 is 0 Å². The summed E-state index contributed by atoms with van der Waals surface area (Å²) in [6.45, 7) is 14.1. The molecule has 2 aromatic carbocycles. The van der Waals surface area contributed by atoms with Crippen LogP contribution >= 0.6 is 12.2 Å². The average Bonchev–Trinajstić information content (AvgIpc) is 2.62. The van der Waals surface area contributed by atoms with Crippen LogP contribution in [0, 0.1) is 0 Å². The fourth-order valence-electron chi connectivity index (χ4n) is 3.18. The van der Waals surface area contributed by atoms with E-state index in [0.717, 1.165) is 29.7 Å². The summed E-state index contributed by atoms with van der Waals surface area (Å²) in [5.41, 5.74) is 10.3. The molecule has 29 heavy (non-hydrogen) atoms. The number of nitrogens with one attached hydrogen (secondary N) is 3. The summed E-state index contributed by atoms with van der Waals surface area (Å²) in [7, 11) is 0. The SMILES string of the molecule is CC(C)(C)c1cc(CNNC(=S)NCCc2ccccc2)cc(C(C)(C)C)c1O. The third-order valence-electron chi connectivity index (χ3n) is 4.82. The summed E-state index contributed by atoms with van der Waals surface area (Å²) in [6, 6.07) is 14.5. The number of hydrazine groups is 1. The van der Waals surface area contributed by atoms with E-state index < -0.39 is 0 Å². The molecule has 0 aromatic heterocycles. The molecule has 158 valence electrons. The zero-order valence-electron chi connectivity index (χ0n) is 18.5. The highest BCUT2D eigenvalue weighted by Crippen LogP contribution is 2.39. The molecule has 0 aliphatic heterocycles. The summed E-state index contributed by atoms with van der Waals surface area (Å²) < 4.78 is 0. The minimum absolute atomic E-state index is 0.137. The molecule has 4 nitrogen and oxygen atoms in total. The molecule has 0 aliphatic rings. The van der Waals surface area contributed by atoms with Crippen molar-refractivity contribution in [2.75, 3.05) is 6.54 Å². The molecular weight excluding hydrogens is 378 g/mol. The van der Waals surface area contributed by atoms with Gasteiger partial charge < -0.3 is 10.4 Å². The maximum Gasteiger partial charge on any atom is 0.180 e. The quantitative estimate of drug-likeness (QED) is 0.409. The summed E-state index contributed by atoms with van der Waals surface area (Å²) in [5, 5.41) is 14.6. The molecule has 0 atom stereocenters. The maximum atomic E-state index is 10.8. The van der Waals surface area contributed by atoms with Gasteiger partial charge in [-0.25, -0.2) is 5.43 Å². The van der Waals surface area contributed by atoms with Crippen LogP contribution < -0.4 is 16.2 Å². The van der Waals surface area contributed by atoms with Gasteiger partial charge in [0, 0.05) is 13.1 Å². The molecule has 0 saturated carbocycles. The Hall–Kier alpha value is -2.11. The Balaban J connectivity index is 1.95. The summed E-state index contributed by atoms with van der Waals surface area (Å²) in [5.74, 6) is 0.403. The molecular formula is C24H35N3OS. The van der Waals surface area contributed by atoms with Crippen LogP contribution in [0.2, 0.25) is 0 Å². The van der Waals surface area contributed by atoms with E-state index in [9.17, 15) is 5.11 Å². The molecule has 5 heteroatoms. The van der Waals surface area contributed by atoms with Crippen molar-refractivity contribution in [3.8, 4) is 5.75 Å². The highest BCUT2D eigenvalue weighted by atomic mass is 32.1. The van der Waals surface area contributed by atoms with E-state index in [-0.39, 0.29) is 10.8 Å². The molecule has 0 radical (unpaired) electrons. The van der Waals surface area contributed by atoms with Crippen LogP contribution in [0.25, 0.3) is 0 Å². The van der Waals surface area contributed by atoms with Gasteiger partial charge in [-0.05, 0) is 51.7 Å². The highest BCUT2D eigenvalue weighted by Gasteiger charge is 2.26. The van der Waals surface area contributed by atoms with E-state index in [1.165, 1.54) is 5.56 Å². The Bertz CT molecular complexity index is 785. The van der Waals surface area contributed by atoms with Crippen LogP contribution in [0.5, 0.6) is 5.75 Å². The number of thiocarbonyl (C=S) groups is 1.